The van der Waals surface area contributed by atoms with E-state index < -0.39 is 0 Å². The molecule has 3 nitrogen and oxygen atoms in total. The molecule has 2 saturated heterocycles. The molecule has 2 heterocycles. The second-order valence-corrected chi connectivity index (χ2v) is 5.33. The number of piperidine rings is 1. The van der Waals surface area contributed by atoms with Crippen molar-refractivity contribution in [1.29, 1.82) is 0 Å². The van der Waals surface area contributed by atoms with Gasteiger partial charge in [-0.1, -0.05) is 6.07 Å². The third-order valence-electron chi connectivity index (χ3n) is 3.84. The number of nitrogens with one attached hydrogen (secondary N) is 2. The average molecular weight is 250 g/mol. The van der Waals surface area contributed by atoms with Crippen LogP contribution in [0.2, 0.25) is 0 Å². The fourth-order valence-corrected chi connectivity index (χ4v) is 2.99. The van der Waals surface area contributed by atoms with E-state index in [1.807, 2.05) is 6.07 Å². The maximum atomic E-state index is 13.1. The number of rotatable bonds is 2. The Morgan fingerprint density at radius 3 is 3.17 bits per heavy atom. The molecule has 0 bridgehead atoms. The van der Waals surface area contributed by atoms with Crippen LogP contribution in [-0.2, 0) is 4.74 Å². The first-order valence-corrected chi connectivity index (χ1v) is 6.63. The summed E-state index contributed by atoms with van der Waals surface area (Å²) in [5.41, 5.74) is 0.841. The van der Waals surface area contributed by atoms with Gasteiger partial charge in [0.05, 0.1) is 18.2 Å². The molecular formula is C14H19FN2O. The summed E-state index contributed by atoms with van der Waals surface area (Å²) in [6.45, 7) is 2.74. The van der Waals surface area contributed by atoms with Crippen molar-refractivity contribution in [2.24, 2.45) is 0 Å². The predicted octanol–water partition coefficient (Wildman–Crippen LogP) is 2.15. The van der Waals surface area contributed by atoms with E-state index in [1.165, 1.54) is 18.6 Å². The number of hydrogen-bond donors (Lipinski definition) is 2. The first-order chi connectivity index (χ1) is 8.76. The van der Waals surface area contributed by atoms with Crippen LogP contribution in [0, 0.1) is 5.82 Å². The smallest absolute Gasteiger partial charge is 0.125 e. The second-order valence-electron chi connectivity index (χ2n) is 5.33. The van der Waals surface area contributed by atoms with Crippen LogP contribution in [0.4, 0.5) is 10.1 Å². The molecule has 0 amide bonds. The highest BCUT2D eigenvalue weighted by Gasteiger charge is 2.41. The summed E-state index contributed by atoms with van der Waals surface area (Å²) in [5, 5.41) is 6.76. The van der Waals surface area contributed by atoms with E-state index in [0.29, 0.717) is 6.61 Å². The Balaban J connectivity index is 1.62. The van der Waals surface area contributed by atoms with Gasteiger partial charge in [-0.3, -0.25) is 0 Å². The molecular weight excluding hydrogens is 231 g/mol. The summed E-state index contributed by atoms with van der Waals surface area (Å²) in [6.07, 6.45) is 3.30. The molecule has 2 fully saturated rings. The molecule has 0 saturated carbocycles. The molecule has 4 heteroatoms. The van der Waals surface area contributed by atoms with Crippen LogP contribution in [0.15, 0.2) is 24.3 Å². The predicted molar refractivity (Wildman–Crippen MR) is 69.2 cm³/mol. The molecule has 1 spiro atoms. The molecule has 0 radical (unpaired) electrons. The Morgan fingerprint density at radius 1 is 1.44 bits per heavy atom. The zero-order chi connectivity index (χ0) is 12.4. The number of halogens is 1. The van der Waals surface area contributed by atoms with E-state index in [2.05, 4.69) is 10.6 Å². The van der Waals surface area contributed by atoms with Crippen LogP contribution in [0.25, 0.3) is 0 Å². The van der Waals surface area contributed by atoms with E-state index in [-0.39, 0.29) is 17.5 Å². The summed E-state index contributed by atoms with van der Waals surface area (Å²) in [4.78, 5) is 0. The van der Waals surface area contributed by atoms with Crippen LogP contribution in [0.3, 0.4) is 0 Å². The molecule has 1 aromatic rings. The van der Waals surface area contributed by atoms with E-state index in [4.69, 9.17) is 4.74 Å². The van der Waals surface area contributed by atoms with Crippen LogP contribution in [0.1, 0.15) is 19.3 Å². The zero-order valence-electron chi connectivity index (χ0n) is 10.4. The van der Waals surface area contributed by atoms with Crippen molar-refractivity contribution in [2.75, 3.05) is 25.0 Å². The molecule has 18 heavy (non-hydrogen) atoms. The lowest BCUT2D eigenvalue weighted by Gasteiger charge is -2.33. The Bertz CT molecular complexity index is 418. The van der Waals surface area contributed by atoms with Crippen molar-refractivity contribution >= 4 is 5.69 Å². The molecule has 1 aromatic carbocycles. The first-order valence-electron chi connectivity index (χ1n) is 6.63. The molecule has 2 atom stereocenters. The molecule has 0 aliphatic carbocycles. The van der Waals surface area contributed by atoms with Gasteiger partial charge in [0.2, 0.25) is 0 Å². The van der Waals surface area contributed by atoms with E-state index in [1.54, 1.807) is 6.07 Å². The summed E-state index contributed by atoms with van der Waals surface area (Å²) < 4.78 is 19.1. The highest BCUT2D eigenvalue weighted by molar-refractivity contribution is 5.44. The normalized spacial score (nSPS) is 31.7. The third kappa shape index (κ3) is 2.49. The lowest BCUT2D eigenvalue weighted by molar-refractivity contribution is -0.0138. The van der Waals surface area contributed by atoms with Crippen molar-refractivity contribution < 1.29 is 9.13 Å². The van der Waals surface area contributed by atoms with Gasteiger partial charge in [0.15, 0.2) is 0 Å². The molecule has 2 aliphatic heterocycles. The van der Waals surface area contributed by atoms with Crippen LogP contribution < -0.4 is 10.6 Å². The van der Waals surface area contributed by atoms with Gasteiger partial charge >= 0.3 is 0 Å². The fourth-order valence-electron chi connectivity index (χ4n) is 2.99. The minimum Gasteiger partial charge on any atom is -0.380 e. The summed E-state index contributed by atoms with van der Waals surface area (Å²) in [6, 6.07) is 6.90. The molecule has 2 aliphatic rings. The molecule has 2 N–H and O–H groups in total. The van der Waals surface area contributed by atoms with Gasteiger partial charge in [0.1, 0.15) is 5.82 Å². The van der Waals surface area contributed by atoms with Gasteiger partial charge in [-0.2, -0.15) is 0 Å². The largest absolute Gasteiger partial charge is 0.380 e. The minimum absolute atomic E-state index is 0.00322. The number of hydrogen-bond acceptors (Lipinski definition) is 3. The van der Waals surface area contributed by atoms with Gasteiger partial charge < -0.3 is 15.4 Å². The average Bonchev–Trinajstić information content (AvgIpc) is 2.73. The van der Waals surface area contributed by atoms with Gasteiger partial charge in [-0.05, 0) is 44.0 Å². The van der Waals surface area contributed by atoms with E-state index in [0.717, 1.165) is 31.6 Å². The highest BCUT2D eigenvalue weighted by Crippen LogP contribution is 2.33. The monoisotopic (exact) mass is 250 g/mol. The zero-order valence-corrected chi connectivity index (χ0v) is 10.4. The SMILES string of the molecule is Fc1cccc(N[C@@H]2CO[C@@]3(CCCNC3)C2)c1. The molecule has 0 aromatic heterocycles. The van der Waals surface area contributed by atoms with Crippen molar-refractivity contribution in [3.63, 3.8) is 0 Å². The summed E-state index contributed by atoms with van der Waals surface area (Å²) in [5.74, 6) is -0.201. The van der Waals surface area contributed by atoms with Crippen molar-refractivity contribution in [1.82, 2.24) is 5.32 Å². The van der Waals surface area contributed by atoms with Crippen molar-refractivity contribution in [3.05, 3.63) is 30.1 Å². The Kier molecular flexibility index (Phi) is 3.22. The third-order valence-corrected chi connectivity index (χ3v) is 3.84. The van der Waals surface area contributed by atoms with Gasteiger partial charge in [-0.25, -0.2) is 4.39 Å². The Morgan fingerprint density at radius 2 is 2.39 bits per heavy atom. The van der Waals surface area contributed by atoms with E-state index in [9.17, 15) is 4.39 Å². The summed E-state index contributed by atoms with van der Waals surface area (Å²) >= 11 is 0. The van der Waals surface area contributed by atoms with Crippen LogP contribution >= 0.6 is 0 Å². The fraction of sp³-hybridized carbons (Fsp3) is 0.571. The second kappa shape index (κ2) is 4.86. The standard InChI is InChI=1S/C14H19FN2O/c15-11-3-1-4-12(7-11)17-13-8-14(18-9-13)5-2-6-16-10-14/h1,3-4,7,13,16-17H,2,5-6,8-10H2/t13-,14-/m0/s1. The highest BCUT2D eigenvalue weighted by atomic mass is 19.1. The topological polar surface area (TPSA) is 33.3 Å². The molecule has 98 valence electrons. The van der Waals surface area contributed by atoms with Crippen molar-refractivity contribution in [2.45, 2.75) is 30.9 Å². The number of benzene rings is 1. The Hall–Kier alpha value is -1.13. The van der Waals surface area contributed by atoms with Gasteiger partial charge in [-0.15, -0.1) is 0 Å². The minimum atomic E-state index is -0.201. The molecule has 3 rings (SSSR count). The quantitative estimate of drug-likeness (QED) is 0.843. The van der Waals surface area contributed by atoms with Crippen molar-refractivity contribution in [3.8, 4) is 0 Å². The number of ether oxygens (including phenoxy) is 1. The Labute approximate surface area is 107 Å². The first kappa shape index (κ1) is 11.9. The van der Waals surface area contributed by atoms with E-state index >= 15 is 0 Å². The van der Waals surface area contributed by atoms with Gasteiger partial charge in [0, 0.05) is 12.2 Å². The molecule has 0 unspecified atom stereocenters. The van der Waals surface area contributed by atoms with Crippen LogP contribution in [-0.4, -0.2) is 31.3 Å². The maximum absolute atomic E-state index is 13.1. The van der Waals surface area contributed by atoms with Gasteiger partial charge in [0.25, 0.3) is 0 Å². The lowest BCUT2D eigenvalue weighted by Crippen LogP contribution is -2.45. The summed E-state index contributed by atoms with van der Waals surface area (Å²) in [7, 11) is 0. The lowest BCUT2D eigenvalue weighted by atomic mass is 9.90. The maximum Gasteiger partial charge on any atom is 0.125 e. The van der Waals surface area contributed by atoms with Crippen LogP contribution in [0.5, 0.6) is 0 Å². The number of anilines is 1.